The van der Waals surface area contributed by atoms with Gasteiger partial charge < -0.3 is 0 Å². The summed E-state index contributed by atoms with van der Waals surface area (Å²) in [7, 11) is 1.72. The van der Waals surface area contributed by atoms with E-state index in [4.69, 9.17) is 9.47 Å². The Morgan fingerprint density at radius 1 is 0.826 bits per heavy atom. The van der Waals surface area contributed by atoms with Crippen LogP contribution in [0.15, 0.2) is 0 Å². The second kappa shape index (κ2) is 15.8. The van der Waals surface area contributed by atoms with Crippen LogP contribution < -0.4 is 0 Å². The van der Waals surface area contributed by atoms with Gasteiger partial charge in [0, 0.05) is 0 Å². The Labute approximate surface area is 150 Å². The fraction of sp³-hybridized carbons (Fsp3) is 0.900. The maximum atomic E-state index is 5.88. The second-order valence-corrected chi connectivity index (χ2v) is 18.9. The molecule has 0 fully saturated rings. The molecule has 0 bridgehead atoms. The number of rotatable bonds is 14. The van der Waals surface area contributed by atoms with E-state index in [0.29, 0.717) is 13.2 Å². The summed E-state index contributed by atoms with van der Waals surface area (Å²) in [6, 6.07) is 0. The summed E-state index contributed by atoms with van der Waals surface area (Å²) in [6.07, 6.45) is 9.12. The van der Waals surface area contributed by atoms with E-state index in [1.165, 1.54) is 51.8 Å². The van der Waals surface area contributed by atoms with E-state index in [1.807, 2.05) is 0 Å². The molecule has 0 aliphatic rings. The molecule has 0 N–H and O–H groups in total. The molecule has 0 amide bonds. The number of methoxy groups -OCH3 is 1. The molecule has 2 nitrogen and oxygen atoms in total. The van der Waals surface area contributed by atoms with Gasteiger partial charge in [0.2, 0.25) is 0 Å². The van der Waals surface area contributed by atoms with E-state index in [-0.39, 0.29) is 6.10 Å². The molecule has 0 aromatic heterocycles. The van der Waals surface area contributed by atoms with Crippen molar-refractivity contribution in [2.45, 2.75) is 92.1 Å². The molecule has 0 rings (SSSR count). The van der Waals surface area contributed by atoms with E-state index in [1.54, 1.807) is 7.11 Å². The van der Waals surface area contributed by atoms with E-state index >= 15 is 0 Å². The molecule has 0 saturated heterocycles. The van der Waals surface area contributed by atoms with Crippen molar-refractivity contribution in [3.05, 3.63) is 0 Å². The van der Waals surface area contributed by atoms with E-state index < -0.39 is 18.4 Å². The monoisotopic (exact) mass is 432 g/mol. The van der Waals surface area contributed by atoms with Crippen molar-refractivity contribution in [3.8, 4) is 9.86 Å². The van der Waals surface area contributed by atoms with Gasteiger partial charge in [0.05, 0.1) is 0 Å². The van der Waals surface area contributed by atoms with Crippen LogP contribution in [0.5, 0.6) is 0 Å². The minimum atomic E-state index is -2.31. The third-order valence-electron chi connectivity index (χ3n) is 4.50. The van der Waals surface area contributed by atoms with Crippen molar-refractivity contribution in [2.75, 3.05) is 20.3 Å². The summed E-state index contributed by atoms with van der Waals surface area (Å²) in [5.41, 5.74) is 0. The maximum absolute atomic E-state index is 5.88. The second-order valence-electron chi connectivity index (χ2n) is 6.62. The number of hydrogen-bond acceptors (Lipinski definition) is 2. The molecule has 0 heterocycles. The van der Waals surface area contributed by atoms with Crippen LogP contribution in [-0.4, -0.2) is 44.8 Å². The molecular weight excluding hydrogens is 391 g/mol. The average molecular weight is 431 g/mol. The van der Waals surface area contributed by atoms with Crippen molar-refractivity contribution in [1.82, 2.24) is 0 Å². The Hall–Kier alpha value is 0.279. The molecule has 0 saturated carbocycles. The zero-order valence-electron chi connectivity index (χ0n) is 16.4. The van der Waals surface area contributed by atoms with E-state index in [9.17, 15) is 0 Å². The summed E-state index contributed by atoms with van der Waals surface area (Å²) < 4.78 is 19.2. The molecule has 1 atom stereocenters. The van der Waals surface area contributed by atoms with Gasteiger partial charge in [-0.05, 0) is 0 Å². The number of hydrogen-bond donors (Lipinski definition) is 0. The first kappa shape index (κ1) is 23.3. The van der Waals surface area contributed by atoms with Crippen molar-refractivity contribution in [1.29, 1.82) is 0 Å². The number of unbranched alkanes of at least 4 members (excludes halogenated alkanes) is 3. The summed E-state index contributed by atoms with van der Waals surface area (Å²) in [6.45, 7) is 10.4. The van der Waals surface area contributed by atoms with Crippen molar-refractivity contribution >= 4 is 18.4 Å². The summed E-state index contributed by atoms with van der Waals surface area (Å²) in [4.78, 5) is 0. The molecule has 0 aromatic rings. The van der Waals surface area contributed by atoms with Gasteiger partial charge in [-0.1, -0.05) is 0 Å². The Morgan fingerprint density at radius 2 is 1.35 bits per heavy atom. The summed E-state index contributed by atoms with van der Waals surface area (Å²) in [5.74, 6) is 3.56. The molecule has 0 radical (unpaired) electrons. The minimum absolute atomic E-state index is 0.103. The van der Waals surface area contributed by atoms with Crippen LogP contribution in [-0.2, 0) is 9.47 Å². The molecular formula is C20H40O2Sn. The van der Waals surface area contributed by atoms with Crippen molar-refractivity contribution in [2.24, 2.45) is 0 Å². The molecule has 23 heavy (non-hydrogen) atoms. The standard InChI is InChI=1S/C8H13O2.3C4H9.Sn/c1-4-8(5-2)10-7-6-9-3;3*1-3-4-2;/h8H,4,6-7H2,1,3H3;3*1,3-4H2,2H3;/t8-;;;;/m0..../s1. The van der Waals surface area contributed by atoms with Gasteiger partial charge >= 0.3 is 150 Å². The Kier molecular flexibility index (Phi) is 16.0. The van der Waals surface area contributed by atoms with Gasteiger partial charge in [-0.15, -0.1) is 0 Å². The Balaban J connectivity index is 5.00. The van der Waals surface area contributed by atoms with Gasteiger partial charge in [0.1, 0.15) is 0 Å². The normalized spacial score (nSPS) is 12.7. The van der Waals surface area contributed by atoms with Gasteiger partial charge in [0.15, 0.2) is 0 Å². The Bertz CT molecular complexity index is 298. The van der Waals surface area contributed by atoms with Crippen LogP contribution in [0.2, 0.25) is 13.3 Å². The molecule has 136 valence electrons. The van der Waals surface area contributed by atoms with Crippen LogP contribution in [0.4, 0.5) is 0 Å². The van der Waals surface area contributed by atoms with Gasteiger partial charge in [-0.3, -0.25) is 0 Å². The predicted octanol–water partition coefficient (Wildman–Crippen LogP) is 5.82. The van der Waals surface area contributed by atoms with Crippen LogP contribution >= 0.6 is 0 Å². The molecule has 0 unspecified atom stereocenters. The topological polar surface area (TPSA) is 18.5 Å². The zero-order chi connectivity index (χ0) is 17.4. The fourth-order valence-corrected chi connectivity index (χ4v) is 16.2. The first-order valence-corrected chi connectivity index (χ1v) is 17.3. The van der Waals surface area contributed by atoms with Gasteiger partial charge in [-0.25, -0.2) is 0 Å². The zero-order valence-corrected chi connectivity index (χ0v) is 19.2. The Morgan fingerprint density at radius 3 is 1.74 bits per heavy atom. The van der Waals surface area contributed by atoms with Crippen molar-refractivity contribution in [3.63, 3.8) is 0 Å². The van der Waals surface area contributed by atoms with Crippen LogP contribution in [0.25, 0.3) is 0 Å². The third kappa shape index (κ3) is 11.5. The SMILES string of the molecule is CCC[CH2][Sn]([C]#C[C@H](CC)OCCOC)([CH2]CCC)[CH2]CCC. The van der Waals surface area contributed by atoms with Gasteiger partial charge in [-0.2, -0.15) is 0 Å². The van der Waals surface area contributed by atoms with Crippen LogP contribution in [0, 0.1) is 9.86 Å². The van der Waals surface area contributed by atoms with E-state index in [2.05, 4.69) is 37.6 Å². The molecule has 0 aliphatic carbocycles. The van der Waals surface area contributed by atoms with E-state index in [0.717, 1.165) is 6.42 Å². The van der Waals surface area contributed by atoms with Crippen molar-refractivity contribution < 1.29 is 9.47 Å². The summed E-state index contributed by atoms with van der Waals surface area (Å²) in [5, 5.41) is 0. The van der Waals surface area contributed by atoms with Crippen LogP contribution in [0.1, 0.15) is 72.6 Å². The number of ether oxygens (including phenoxy) is 2. The average Bonchev–Trinajstić information content (AvgIpc) is 2.58. The predicted molar refractivity (Wildman–Crippen MR) is 105 cm³/mol. The molecule has 0 spiro atoms. The first-order chi connectivity index (χ1) is 11.2. The quantitative estimate of drug-likeness (QED) is 0.196. The van der Waals surface area contributed by atoms with Crippen LogP contribution in [0.3, 0.4) is 0 Å². The third-order valence-corrected chi connectivity index (χ3v) is 17.7. The first-order valence-electron chi connectivity index (χ1n) is 9.81. The molecule has 0 aliphatic heterocycles. The molecule has 0 aromatic carbocycles. The molecule has 3 heteroatoms. The fourth-order valence-electron chi connectivity index (χ4n) is 2.88. The van der Waals surface area contributed by atoms with Gasteiger partial charge in [0.25, 0.3) is 0 Å². The summed E-state index contributed by atoms with van der Waals surface area (Å²) >= 11 is -2.31.